The minimum absolute atomic E-state index is 0.170. The van der Waals surface area contributed by atoms with Crippen molar-refractivity contribution in [3.63, 3.8) is 0 Å². The highest BCUT2D eigenvalue weighted by Crippen LogP contribution is 2.30. The second-order valence-corrected chi connectivity index (χ2v) is 8.02. The molecule has 1 amide bonds. The van der Waals surface area contributed by atoms with Crippen molar-refractivity contribution in [1.29, 1.82) is 0 Å². The molecule has 2 aromatic heterocycles. The summed E-state index contributed by atoms with van der Waals surface area (Å²) in [7, 11) is 0. The molecule has 5 rings (SSSR count). The van der Waals surface area contributed by atoms with E-state index in [1.54, 1.807) is 24.3 Å². The van der Waals surface area contributed by atoms with Crippen molar-refractivity contribution in [3.8, 4) is 17.0 Å². The van der Waals surface area contributed by atoms with Gasteiger partial charge in [0, 0.05) is 28.5 Å². The number of amides is 1. The first-order valence-electron chi connectivity index (χ1n) is 9.68. The molecule has 2 aromatic carbocycles. The Kier molecular flexibility index (Phi) is 4.80. The van der Waals surface area contributed by atoms with Gasteiger partial charge in [-0.15, -0.1) is 11.3 Å². The number of rotatable bonds is 5. The van der Waals surface area contributed by atoms with E-state index in [4.69, 9.17) is 9.15 Å². The van der Waals surface area contributed by atoms with E-state index in [0.29, 0.717) is 16.5 Å². The quantitative estimate of drug-likeness (QED) is 0.485. The number of carbonyl (C=O) groups excluding carboxylic acids is 1. The zero-order chi connectivity index (χ0) is 20.5. The maximum atomic E-state index is 12.3. The SMILES string of the molecule is O=C(COc1ccc2ccc(=O)oc2c1)Nc1nc(-c2ccc3c(c2)CCC3)cs1. The summed E-state index contributed by atoms with van der Waals surface area (Å²) in [6.07, 6.45) is 3.48. The molecule has 0 saturated carbocycles. The van der Waals surface area contributed by atoms with Gasteiger partial charge >= 0.3 is 5.63 Å². The fraction of sp³-hybridized carbons (Fsp3) is 0.174. The van der Waals surface area contributed by atoms with Crippen LogP contribution in [-0.4, -0.2) is 17.5 Å². The number of aromatic nitrogens is 1. The summed E-state index contributed by atoms with van der Waals surface area (Å²) in [4.78, 5) is 28.1. The van der Waals surface area contributed by atoms with Gasteiger partial charge in [0.05, 0.1) is 5.69 Å². The number of hydrogen-bond donors (Lipinski definition) is 1. The highest BCUT2D eigenvalue weighted by molar-refractivity contribution is 7.14. The molecule has 0 saturated heterocycles. The summed E-state index contributed by atoms with van der Waals surface area (Å²) in [6, 6.07) is 14.6. The minimum Gasteiger partial charge on any atom is -0.484 e. The van der Waals surface area contributed by atoms with E-state index in [9.17, 15) is 9.59 Å². The molecule has 0 bridgehead atoms. The molecule has 6 nitrogen and oxygen atoms in total. The first kappa shape index (κ1) is 18.6. The second kappa shape index (κ2) is 7.76. The van der Waals surface area contributed by atoms with Crippen molar-refractivity contribution in [2.24, 2.45) is 0 Å². The maximum absolute atomic E-state index is 12.3. The largest absolute Gasteiger partial charge is 0.484 e. The topological polar surface area (TPSA) is 81.4 Å². The average Bonchev–Trinajstić information content (AvgIpc) is 3.40. The lowest BCUT2D eigenvalue weighted by atomic mass is 10.1. The molecule has 1 N–H and O–H groups in total. The van der Waals surface area contributed by atoms with Crippen LogP contribution in [0.4, 0.5) is 5.13 Å². The summed E-state index contributed by atoms with van der Waals surface area (Å²) in [5.41, 5.74) is 4.73. The molecule has 1 aliphatic carbocycles. The Hall–Kier alpha value is -3.45. The van der Waals surface area contributed by atoms with Gasteiger partial charge in [-0.2, -0.15) is 0 Å². The van der Waals surface area contributed by atoms with Gasteiger partial charge in [-0.1, -0.05) is 12.1 Å². The van der Waals surface area contributed by atoms with Crippen LogP contribution in [0, 0.1) is 0 Å². The van der Waals surface area contributed by atoms with Crippen molar-refractivity contribution >= 4 is 33.3 Å². The highest BCUT2D eigenvalue weighted by Gasteiger charge is 2.14. The van der Waals surface area contributed by atoms with E-state index in [0.717, 1.165) is 29.5 Å². The molecule has 0 fully saturated rings. The monoisotopic (exact) mass is 418 g/mol. The zero-order valence-corrected chi connectivity index (χ0v) is 16.8. The van der Waals surface area contributed by atoms with E-state index in [2.05, 4.69) is 28.5 Å². The van der Waals surface area contributed by atoms with Crippen LogP contribution in [0.2, 0.25) is 0 Å². The summed E-state index contributed by atoms with van der Waals surface area (Å²) in [5.74, 6) is 0.143. The fourth-order valence-electron chi connectivity index (χ4n) is 3.63. The lowest BCUT2D eigenvalue weighted by Gasteiger charge is -2.06. The van der Waals surface area contributed by atoms with E-state index in [1.807, 2.05) is 5.38 Å². The molecule has 30 heavy (non-hydrogen) atoms. The van der Waals surface area contributed by atoms with E-state index in [1.165, 1.54) is 35.0 Å². The number of thiazole rings is 1. The Morgan fingerprint density at radius 1 is 1.10 bits per heavy atom. The van der Waals surface area contributed by atoms with Crippen LogP contribution in [0.25, 0.3) is 22.2 Å². The normalized spacial score (nSPS) is 12.7. The smallest absolute Gasteiger partial charge is 0.336 e. The number of carbonyl (C=O) groups is 1. The molecule has 0 atom stereocenters. The van der Waals surface area contributed by atoms with Crippen LogP contribution < -0.4 is 15.7 Å². The van der Waals surface area contributed by atoms with Gasteiger partial charge in [0.2, 0.25) is 0 Å². The summed E-state index contributed by atoms with van der Waals surface area (Å²) >= 11 is 1.38. The predicted molar refractivity (Wildman–Crippen MR) is 116 cm³/mol. The number of nitrogens with zero attached hydrogens (tertiary/aromatic N) is 1. The van der Waals surface area contributed by atoms with Gasteiger partial charge in [0.25, 0.3) is 5.91 Å². The van der Waals surface area contributed by atoms with Gasteiger partial charge in [-0.05, 0) is 54.7 Å². The van der Waals surface area contributed by atoms with E-state index in [-0.39, 0.29) is 12.5 Å². The van der Waals surface area contributed by atoms with Crippen LogP contribution in [0.3, 0.4) is 0 Å². The zero-order valence-electron chi connectivity index (χ0n) is 16.0. The first-order chi connectivity index (χ1) is 14.6. The Bertz CT molecular complexity index is 1310. The van der Waals surface area contributed by atoms with Gasteiger partial charge in [0.15, 0.2) is 11.7 Å². The Labute approximate surface area is 176 Å². The molecule has 7 heteroatoms. The number of aryl methyl sites for hydroxylation is 2. The van der Waals surface area contributed by atoms with Crippen molar-refractivity contribution < 1.29 is 13.9 Å². The molecular weight excluding hydrogens is 400 g/mol. The first-order valence-corrected chi connectivity index (χ1v) is 10.6. The molecule has 0 radical (unpaired) electrons. The summed E-state index contributed by atoms with van der Waals surface area (Å²) in [6.45, 7) is -0.170. The van der Waals surface area contributed by atoms with Crippen LogP contribution in [0.5, 0.6) is 5.75 Å². The third-order valence-electron chi connectivity index (χ3n) is 5.11. The molecule has 0 unspecified atom stereocenters. The minimum atomic E-state index is -0.430. The predicted octanol–water partition coefficient (Wildman–Crippen LogP) is 4.42. The van der Waals surface area contributed by atoms with E-state index < -0.39 is 5.63 Å². The Morgan fingerprint density at radius 2 is 1.97 bits per heavy atom. The molecule has 4 aromatic rings. The van der Waals surface area contributed by atoms with Gasteiger partial charge in [-0.3, -0.25) is 10.1 Å². The maximum Gasteiger partial charge on any atom is 0.336 e. The Balaban J connectivity index is 1.22. The molecule has 0 spiro atoms. The van der Waals surface area contributed by atoms with Gasteiger partial charge in [0.1, 0.15) is 11.3 Å². The summed E-state index contributed by atoms with van der Waals surface area (Å²) in [5, 5.41) is 6.03. The van der Waals surface area contributed by atoms with Gasteiger partial charge < -0.3 is 9.15 Å². The number of ether oxygens (including phenoxy) is 1. The lowest BCUT2D eigenvalue weighted by molar-refractivity contribution is -0.118. The third-order valence-corrected chi connectivity index (χ3v) is 5.87. The average molecular weight is 418 g/mol. The highest BCUT2D eigenvalue weighted by atomic mass is 32.1. The van der Waals surface area contributed by atoms with Crippen molar-refractivity contribution in [2.75, 3.05) is 11.9 Å². The Morgan fingerprint density at radius 3 is 2.90 bits per heavy atom. The van der Waals surface area contributed by atoms with Crippen LogP contribution in [0.1, 0.15) is 17.5 Å². The number of fused-ring (bicyclic) bond motifs is 2. The standard InChI is InChI=1S/C23H18N2O4S/c26-21(12-28-18-8-6-15-7-9-22(27)29-20(15)11-18)25-23-24-19(13-30-23)17-5-4-14-2-1-3-16(14)10-17/h4-11,13H,1-3,12H2,(H,24,25,26). The van der Waals surface area contributed by atoms with Gasteiger partial charge in [-0.25, -0.2) is 9.78 Å². The van der Waals surface area contributed by atoms with Crippen LogP contribution in [-0.2, 0) is 17.6 Å². The molecule has 2 heterocycles. The lowest BCUT2D eigenvalue weighted by Crippen LogP contribution is -2.20. The second-order valence-electron chi connectivity index (χ2n) is 7.17. The number of anilines is 1. The number of benzene rings is 2. The molecule has 1 aliphatic rings. The molecular formula is C23H18N2O4S. The van der Waals surface area contributed by atoms with Crippen LogP contribution in [0.15, 0.2) is 63.1 Å². The van der Waals surface area contributed by atoms with Crippen molar-refractivity contribution in [1.82, 2.24) is 4.98 Å². The number of nitrogens with one attached hydrogen (secondary N) is 1. The molecule has 150 valence electrons. The van der Waals surface area contributed by atoms with E-state index >= 15 is 0 Å². The molecule has 0 aliphatic heterocycles. The van der Waals surface area contributed by atoms with Crippen molar-refractivity contribution in [2.45, 2.75) is 19.3 Å². The van der Waals surface area contributed by atoms with Crippen LogP contribution >= 0.6 is 11.3 Å². The number of hydrogen-bond acceptors (Lipinski definition) is 6. The summed E-state index contributed by atoms with van der Waals surface area (Å²) < 4.78 is 10.7. The fourth-order valence-corrected chi connectivity index (χ4v) is 4.37. The van der Waals surface area contributed by atoms with Crippen molar-refractivity contribution in [3.05, 3.63) is 75.5 Å². The third kappa shape index (κ3) is 3.84.